The third-order valence-electron chi connectivity index (χ3n) is 2.59. The lowest BCUT2D eigenvalue weighted by Crippen LogP contribution is -2.33. The van der Waals surface area contributed by atoms with E-state index in [1.54, 1.807) is 0 Å². The molecule has 1 rings (SSSR count). The van der Waals surface area contributed by atoms with Crippen molar-refractivity contribution < 1.29 is 4.74 Å². The number of ether oxygens (including phenoxy) is 1. The van der Waals surface area contributed by atoms with Crippen LogP contribution in [-0.2, 0) is 0 Å². The average molecular weight is 207 g/mol. The second kappa shape index (κ2) is 5.17. The van der Waals surface area contributed by atoms with Crippen LogP contribution in [0.25, 0.3) is 0 Å². The van der Waals surface area contributed by atoms with Crippen LogP contribution in [0.2, 0.25) is 0 Å². The molecule has 0 heterocycles. The standard InChI is InChI=1S/C13H21NO/c1-9(2)12-6-5-7-13(8-12)15-11(4)10(3)14/h5-11H,14H2,1-4H3/t10-,11?/m0/s1. The molecule has 2 N–H and O–H groups in total. The Labute approximate surface area is 92.4 Å². The molecular formula is C13H21NO. The number of rotatable bonds is 4. The molecule has 0 aromatic heterocycles. The Morgan fingerprint density at radius 3 is 2.33 bits per heavy atom. The summed E-state index contributed by atoms with van der Waals surface area (Å²) in [5.74, 6) is 1.44. The summed E-state index contributed by atoms with van der Waals surface area (Å²) in [4.78, 5) is 0. The molecule has 1 unspecified atom stereocenters. The van der Waals surface area contributed by atoms with E-state index < -0.39 is 0 Å². The fraction of sp³-hybridized carbons (Fsp3) is 0.538. The first-order chi connectivity index (χ1) is 7.00. The molecule has 0 aliphatic heterocycles. The maximum absolute atomic E-state index is 5.76. The van der Waals surface area contributed by atoms with E-state index in [4.69, 9.17) is 10.5 Å². The van der Waals surface area contributed by atoms with Crippen LogP contribution in [0, 0.1) is 0 Å². The van der Waals surface area contributed by atoms with Crippen molar-refractivity contribution in [3.05, 3.63) is 29.8 Å². The van der Waals surface area contributed by atoms with Crippen LogP contribution in [0.15, 0.2) is 24.3 Å². The summed E-state index contributed by atoms with van der Waals surface area (Å²) < 4.78 is 5.74. The summed E-state index contributed by atoms with van der Waals surface area (Å²) in [7, 11) is 0. The highest BCUT2D eigenvalue weighted by molar-refractivity contribution is 5.30. The molecule has 0 radical (unpaired) electrons. The Kier molecular flexibility index (Phi) is 4.15. The maximum Gasteiger partial charge on any atom is 0.120 e. The first-order valence-corrected chi connectivity index (χ1v) is 5.53. The molecule has 0 spiro atoms. The number of nitrogens with two attached hydrogens (primary N) is 1. The van der Waals surface area contributed by atoms with E-state index in [-0.39, 0.29) is 12.1 Å². The summed E-state index contributed by atoms with van der Waals surface area (Å²) in [6, 6.07) is 8.26. The number of hydrogen-bond donors (Lipinski definition) is 1. The summed E-state index contributed by atoms with van der Waals surface area (Å²) >= 11 is 0. The second-order valence-corrected chi connectivity index (χ2v) is 4.41. The molecule has 2 nitrogen and oxygen atoms in total. The van der Waals surface area contributed by atoms with Crippen LogP contribution < -0.4 is 10.5 Å². The van der Waals surface area contributed by atoms with E-state index in [1.807, 2.05) is 26.0 Å². The molecule has 1 aromatic carbocycles. The lowest BCUT2D eigenvalue weighted by molar-refractivity contribution is 0.196. The minimum atomic E-state index is 0.0485. The second-order valence-electron chi connectivity index (χ2n) is 4.41. The highest BCUT2D eigenvalue weighted by Crippen LogP contribution is 2.21. The van der Waals surface area contributed by atoms with Crippen molar-refractivity contribution in [3.8, 4) is 5.75 Å². The van der Waals surface area contributed by atoms with Gasteiger partial charge in [-0.15, -0.1) is 0 Å². The van der Waals surface area contributed by atoms with Gasteiger partial charge in [-0.3, -0.25) is 0 Å². The van der Waals surface area contributed by atoms with Crippen molar-refractivity contribution in [2.75, 3.05) is 0 Å². The largest absolute Gasteiger partial charge is 0.489 e. The minimum absolute atomic E-state index is 0.0485. The molecule has 0 amide bonds. The van der Waals surface area contributed by atoms with Crippen molar-refractivity contribution in [1.82, 2.24) is 0 Å². The predicted octanol–water partition coefficient (Wildman–Crippen LogP) is 2.92. The molecule has 0 saturated carbocycles. The Balaban J connectivity index is 2.73. The van der Waals surface area contributed by atoms with Gasteiger partial charge in [0.15, 0.2) is 0 Å². The molecule has 0 aliphatic carbocycles. The van der Waals surface area contributed by atoms with Gasteiger partial charge in [-0.1, -0.05) is 26.0 Å². The zero-order chi connectivity index (χ0) is 11.4. The topological polar surface area (TPSA) is 35.2 Å². The van der Waals surface area contributed by atoms with Crippen molar-refractivity contribution in [3.63, 3.8) is 0 Å². The predicted molar refractivity (Wildman–Crippen MR) is 64.3 cm³/mol. The molecule has 2 heteroatoms. The zero-order valence-corrected chi connectivity index (χ0v) is 10.0. The van der Waals surface area contributed by atoms with E-state index in [0.29, 0.717) is 5.92 Å². The Morgan fingerprint density at radius 1 is 1.13 bits per heavy atom. The fourth-order valence-electron chi connectivity index (χ4n) is 1.27. The monoisotopic (exact) mass is 207 g/mol. The smallest absolute Gasteiger partial charge is 0.120 e. The van der Waals surface area contributed by atoms with Gasteiger partial charge < -0.3 is 10.5 Å². The first kappa shape index (κ1) is 12.1. The van der Waals surface area contributed by atoms with E-state index in [2.05, 4.69) is 26.0 Å². The molecule has 0 bridgehead atoms. The first-order valence-electron chi connectivity index (χ1n) is 5.53. The third-order valence-corrected chi connectivity index (χ3v) is 2.59. The Bertz CT molecular complexity index is 307. The van der Waals surface area contributed by atoms with Crippen LogP contribution in [0.5, 0.6) is 5.75 Å². The highest BCUT2D eigenvalue weighted by atomic mass is 16.5. The van der Waals surface area contributed by atoms with Crippen LogP contribution >= 0.6 is 0 Å². The van der Waals surface area contributed by atoms with Gasteiger partial charge in [0.25, 0.3) is 0 Å². The van der Waals surface area contributed by atoms with E-state index in [9.17, 15) is 0 Å². The average Bonchev–Trinajstić information content (AvgIpc) is 2.18. The number of hydrogen-bond acceptors (Lipinski definition) is 2. The van der Waals surface area contributed by atoms with Crippen LogP contribution in [0.4, 0.5) is 0 Å². The van der Waals surface area contributed by atoms with Crippen LogP contribution in [-0.4, -0.2) is 12.1 Å². The quantitative estimate of drug-likeness (QED) is 0.824. The van der Waals surface area contributed by atoms with Crippen molar-refractivity contribution >= 4 is 0 Å². The van der Waals surface area contributed by atoms with E-state index in [0.717, 1.165) is 5.75 Å². The Hall–Kier alpha value is -1.02. The lowest BCUT2D eigenvalue weighted by atomic mass is 10.0. The van der Waals surface area contributed by atoms with Crippen molar-refractivity contribution in [1.29, 1.82) is 0 Å². The molecule has 1 aromatic rings. The summed E-state index contributed by atoms with van der Waals surface area (Å²) in [6.45, 7) is 8.30. The van der Waals surface area contributed by atoms with Gasteiger partial charge in [-0.05, 0) is 37.5 Å². The normalized spacial score (nSPS) is 15.1. The SMILES string of the molecule is CC(C)c1cccc(OC(C)[C@H](C)N)c1. The van der Waals surface area contributed by atoms with Gasteiger partial charge >= 0.3 is 0 Å². The van der Waals surface area contributed by atoms with Gasteiger partial charge in [-0.25, -0.2) is 0 Å². The van der Waals surface area contributed by atoms with Gasteiger partial charge in [0.1, 0.15) is 11.9 Å². The van der Waals surface area contributed by atoms with Crippen LogP contribution in [0.3, 0.4) is 0 Å². The third kappa shape index (κ3) is 3.56. The molecule has 0 saturated heterocycles. The molecule has 0 fully saturated rings. The zero-order valence-electron chi connectivity index (χ0n) is 10.0. The summed E-state index contributed by atoms with van der Waals surface area (Å²) in [6.07, 6.45) is 0.0485. The van der Waals surface area contributed by atoms with E-state index >= 15 is 0 Å². The molecule has 0 aliphatic rings. The lowest BCUT2D eigenvalue weighted by Gasteiger charge is -2.18. The summed E-state index contributed by atoms with van der Waals surface area (Å²) in [5.41, 5.74) is 7.05. The Morgan fingerprint density at radius 2 is 1.80 bits per heavy atom. The van der Waals surface area contributed by atoms with Crippen molar-refractivity contribution in [2.45, 2.75) is 45.8 Å². The fourth-order valence-corrected chi connectivity index (χ4v) is 1.27. The highest BCUT2D eigenvalue weighted by Gasteiger charge is 2.09. The maximum atomic E-state index is 5.76. The molecule has 84 valence electrons. The molecule has 15 heavy (non-hydrogen) atoms. The summed E-state index contributed by atoms with van der Waals surface area (Å²) in [5, 5.41) is 0. The number of benzene rings is 1. The van der Waals surface area contributed by atoms with Gasteiger partial charge in [0.05, 0.1) is 0 Å². The van der Waals surface area contributed by atoms with Gasteiger partial charge in [-0.2, -0.15) is 0 Å². The van der Waals surface area contributed by atoms with Gasteiger partial charge in [0.2, 0.25) is 0 Å². The molecule has 2 atom stereocenters. The van der Waals surface area contributed by atoms with E-state index in [1.165, 1.54) is 5.56 Å². The molecular weight excluding hydrogens is 186 g/mol. The van der Waals surface area contributed by atoms with Gasteiger partial charge in [0, 0.05) is 6.04 Å². The van der Waals surface area contributed by atoms with Crippen molar-refractivity contribution in [2.24, 2.45) is 5.73 Å². The van der Waals surface area contributed by atoms with Crippen LogP contribution in [0.1, 0.15) is 39.2 Å². The minimum Gasteiger partial charge on any atom is -0.489 e.